The number of carbonyl (C=O) groups excluding carboxylic acids is 1. The maximum absolute atomic E-state index is 14.6. The molecule has 0 radical (unpaired) electrons. The standard InChI is InChI=1S/C25H23FN4O3S/c1-16-8-13-22(33-3)21(14-16)27-23(31)15-34-25-29-28-24(19-6-4-5-7-20(19)26)30(25)17-9-11-18(32-2)12-10-17/h4-14H,15H2,1-3H3,(H,27,31). The number of ether oxygens (including phenoxy) is 2. The molecule has 0 bridgehead atoms. The molecule has 1 N–H and O–H groups in total. The van der Waals surface area contributed by atoms with Crippen molar-refractivity contribution in [2.45, 2.75) is 12.1 Å². The number of amides is 1. The van der Waals surface area contributed by atoms with Crippen molar-refractivity contribution >= 4 is 23.4 Å². The van der Waals surface area contributed by atoms with Gasteiger partial charge in [-0.2, -0.15) is 0 Å². The van der Waals surface area contributed by atoms with Crippen molar-refractivity contribution in [2.24, 2.45) is 0 Å². The minimum absolute atomic E-state index is 0.0721. The Labute approximate surface area is 200 Å². The monoisotopic (exact) mass is 478 g/mol. The molecule has 0 saturated heterocycles. The number of thioether (sulfide) groups is 1. The van der Waals surface area contributed by atoms with E-state index in [2.05, 4.69) is 15.5 Å². The van der Waals surface area contributed by atoms with Crippen molar-refractivity contribution in [3.05, 3.63) is 78.1 Å². The molecule has 0 spiro atoms. The molecule has 0 atom stereocenters. The van der Waals surface area contributed by atoms with Crippen LogP contribution >= 0.6 is 11.8 Å². The number of aromatic nitrogens is 3. The Morgan fingerprint density at radius 2 is 1.79 bits per heavy atom. The first kappa shape index (κ1) is 23.3. The van der Waals surface area contributed by atoms with E-state index in [-0.39, 0.29) is 11.7 Å². The van der Waals surface area contributed by atoms with Crippen molar-refractivity contribution in [3.8, 4) is 28.6 Å². The third kappa shape index (κ3) is 5.04. The number of nitrogens with zero attached hydrogens (tertiary/aromatic N) is 3. The van der Waals surface area contributed by atoms with Crippen molar-refractivity contribution in [3.63, 3.8) is 0 Å². The lowest BCUT2D eigenvalue weighted by molar-refractivity contribution is -0.113. The average Bonchev–Trinajstić information content (AvgIpc) is 3.27. The van der Waals surface area contributed by atoms with E-state index in [4.69, 9.17) is 9.47 Å². The molecular weight excluding hydrogens is 455 g/mol. The molecule has 1 heterocycles. The van der Waals surface area contributed by atoms with E-state index in [0.717, 1.165) is 5.56 Å². The molecule has 34 heavy (non-hydrogen) atoms. The van der Waals surface area contributed by atoms with Crippen LogP contribution < -0.4 is 14.8 Å². The highest BCUT2D eigenvalue weighted by atomic mass is 32.2. The number of aryl methyl sites for hydroxylation is 1. The maximum Gasteiger partial charge on any atom is 0.234 e. The molecule has 1 amide bonds. The molecule has 1 aromatic heterocycles. The highest BCUT2D eigenvalue weighted by Gasteiger charge is 2.20. The van der Waals surface area contributed by atoms with E-state index in [1.807, 2.05) is 31.2 Å². The number of anilines is 1. The fourth-order valence-electron chi connectivity index (χ4n) is 3.38. The van der Waals surface area contributed by atoms with Crippen molar-refractivity contribution in [2.75, 3.05) is 25.3 Å². The third-order valence-corrected chi connectivity index (χ3v) is 5.97. The summed E-state index contributed by atoms with van der Waals surface area (Å²) in [6, 6.07) is 19.2. The quantitative estimate of drug-likeness (QED) is 0.354. The van der Waals surface area contributed by atoms with Crippen LogP contribution in [0.5, 0.6) is 11.5 Å². The highest BCUT2D eigenvalue weighted by molar-refractivity contribution is 7.99. The lowest BCUT2D eigenvalue weighted by Crippen LogP contribution is -2.15. The second kappa shape index (κ2) is 10.4. The number of halogens is 1. The Kier molecular flexibility index (Phi) is 7.12. The summed E-state index contributed by atoms with van der Waals surface area (Å²) in [6.45, 7) is 1.94. The van der Waals surface area contributed by atoms with Gasteiger partial charge < -0.3 is 14.8 Å². The number of hydrogen-bond donors (Lipinski definition) is 1. The average molecular weight is 479 g/mol. The van der Waals surface area contributed by atoms with E-state index < -0.39 is 5.82 Å². The van der Waals surface area contributed by atoms with Gasteiger partial charge in [0.15, 0.2) is 11.0 Å². The summed E-state index contributed by atoms with van der Waals surface area (Å²) in [6.07, 6.45) is 0. The van der Waals surface area contributed by atoms with Crippen LogP contribution in [0.4, 0.5) is 10.1 Å². The van der Waals surface area contributed by atoms with Crippen LogP contribution in [-0.4, -0.2) is 40.6 Å². The van der Waals surface area contributed by atoms with E-state index in [9.17, 15) is 9.18 Å². The van der Waals surface area contributed by atoms with Crippen LogP contribution in [0.15, 0.2) is 71.9 Å². The molecule has 7 nitrogen and oxygen atoms in total. The Bertz CT molecular complexity index is 1310. The van der Waals surface area contributed by atoms with E-state index in [0.29, 0.717) is 39.4 Å². The van der Waals surface area contributed by atoms with Gasteiger partial charge in [0.2, 0.25) is 5.91 Å². The second-order valence-corrected chi connectivity index (χ2v) is 8.30. The van der Waals surface area contributed by atoms with Crippen LogP contribution in [0.25, 0.3) is 17.1 Å². The van der Waals surface area contributed by atoms with Gasteiger partial charge in [0.05, 0.1) is 36.9 Å². The predicted molar refractivity (Wildman–Crippen MR) is 130 cm³/mol. The summed E-state index contributed by atoms with van der Waals surface area (Å²) in [5, 5.41) is 11.8. The molecule has 0 fully saturated rings. The molecule has 4 aromatic rings. The number of hydrogen-bond acceptors (Lipinski definition) is 6. The van der Waals surface area contributed by atoms with Gasteiger partial charge in [-0.15, -0.1) is 10.2 Å². The molecule has 9 heteroatoms. The number of rotatable bonds is 8. The maximum atomic E-state index is 14.6. The van der Waals surface area contributed by atoms with Gasteiger partial charge in [0.25, 0.3) is 0 Å². The predicted octanol–water partition coefficient (Wildman–Crippen LogP) is 5.13. The lowest BCUT2D eigenvalue weighted by atomic mass is 10.2. The van der Waals surface area contributed by atoms with E-state index in [1.54, 1.807) is 55.2 Å². The van der Waals surface area contributed by atoms with E-state index in [1.165, 1.54) is 17.8 Å². The lowest BCUT2D eigenvalue weighted by Gasteiger charge is -2.12. The first-order valence-electron chi connectivity index (χ1n) is 10.4. The smallest absolute Gasteiger partial charge is 0.234 e. The van der Waals surface area contributed by atoms with Gasteiger partial charge in [-0.3, -0.25) is 9.36 Å². The fraction of sp³-hybridized carbons (Fsp3) is 0.160. The second-order valence-electron chi connectivity index (χ2n) is 7.36. The molecule has 0 aliphatic heterocycles. The Hall–Kier alpha value is -3.85. The van der Waals surface area contributed by atoms with Crippen molar-refractivity contribution < 1.29 is 18.7 Å². The van der Waals surface area contributed by atoms with Crippen molar-refractivity contribution in [1.29, 1.82) is 0 Å². The van der Waals surface area contributed by atoms with Crippen LogP contribution in [0.1, 0.15) is 5.56 Å². The fourth-order valence-corrected chi connectivity index (χ4v) is 4.13. The molecule has 0 aliphatic carbocycles. The first-order chi connectivity index (χ1) is 16.5. The van der Waals surface area contributed by atoms with Gasteiger partial charge >= 0.3 is 0 Å². The minimum atomic E-state index is -0.412. The summed E-state index contributed by atoms with van der Waals surface area (Å²) in [4.78, 5) is 12.7. The van der Waals surface area contributed by atoms with Gasteiger partial charge in [-0.05, 0) is 61.0 Å². The number of methoxy groups -OCH3 is 2. The number of nitrogens with one attached hydrogen (secondary N) is 1. The van der Waals surface area contributed by atoms with E-state index >= 15 is 0 Å². The zero-order chi connectivity index (χ0) is 24.1. The SMILES string of the molecule is COc1ccc(-n2c(SCC(=O)Nc3cc(C)ccc3OC)nnc2-c2ccccc2F)cc1. The molecule has 0 saturated carbocycles. The van der Waals surface area contributed by atoms with Crippen LogP contribution in [-0.2, 0) is 4.79 Å². The van der Waals surface area contributed by atoms with Crippen LogP contribution in [0.2, 0.25) is 0 Å². The first-order valence-corrected chi connectivity index (χ1v) is 11.4. The summed E-state index contributed by atoms with van der Waals surface area (Å²) < 4.78 is 26.9. The van der Waals surface area contributed by atoms with Crippen molar-refractivity contribution in [1.82, 2.24) is 14.8 Å². The molecule has 0 aliphatic rings. The summed E-state index contributed by atoms with van der Waals surface area (Å²) in [5.41, 5.74) is 2.62. The van der Waals surface area contributed by atoms with Gasteiger partial charge in [0.1, 0.15) is 17.3 Å². The van der Waals surface area contributed by atoms with Gasteiger partial charge in [-0.1, -0.05) is 30.0 Å². The highest BCUT2D eigenvalue weighted by Crippen LogP contribution is 2.31. The Morgan fingerprint density at radius 1 is 1.03 bits per heavy atom. The summed E-state index contributed by atoms with van der Waals surface area (Å²) >= 11 is 1.20. The molecule has 174 valence electrons. The Morgan fingerprint density at radius 3 is 2.50 bits per heavy atom. The van der Waals surface area contributed by atoms with Crippen LogP contribution in [0, 0.1) is 12.7 Å². The molecule has 3 aromatic carbocycles. The summed E-state index contributed by atoms with van der Waals surface area (Å²) in [7, 11) is 3.14. The third-order valence-electron chi connectivity index (χ3n) is 5.04. The van der Waals surface area contributed by atoms with Crippen LogP contribution in [0.3, 0.4) is 0 Å². The molecule has 0 unspecified atom stereocenters. The number of benzene rings is 3. The zero-order valence-electron chi connectivity index (χ0n) is 18.9. The molecular formula is C25H23FN4O3S. The zero-order valence-corrected chi connectivity index (χ0v) is 19.7. The van der Waals surface area contributed by atoms with Gasteiger partial charge in [0, 0.05) is 0 Å². The Balaban J connectivity index is 1.62. The minimum Gasteiger partial charge on any atom is -0.497 e. The summed E-state index contributed by atoms with van der Waals surface area (Å²) in [5.74, 6) is 1.03. The topological polar surface area (TPSA) is 78.3 Å². The normalized spacial score (nSPS) is 10.7. The van der Waals surface area contributed by atoms with Gasteiger partial charge in [-0.25, -0.2) is 4.39 Å². The molecule has 4 rings (SSSR count). The largest absolute Gasteiger partial charge is 0.497 e. The number of carbonyl (C=O) groups is 1.